The average Bonchev–Trinajstić information content (AvgIpc) is 3.26. The van der Waals surface area contributed by atoms with Crippen molar-refractivity contribution in [1.82, 2.24) is 15.2 Å². The van der Waals surface area contributed by atoms with Gasteiger partial charge in [-0.15, -0.1) is 0 Å². The van der Waals surface area contributed by atoms with Gasteiger partial charge in [0.15, 0.2) is 0 Å². The summed E-state index contributed by atoms with van der Waals surface area (Å²) in [5.74, 6) is -1.89. The summed E-state index contributed by atoms with van der Waals surface area (Å²) in [7, 11) is 0. The maximum atomic E-state index is 12.2. The number of rotatable bonds is 5. The Balaban J connectivity index is 1.54. The number of aromatic nitrogens is 2. The number of nitrogens with one attached hydrogen (secondary N) is 2. The Morgan fingerprint density at radius 2 is 1.76 bits per heavy atom. The van der Waals surface area contributed by atoms with Crippen molar-refractivity contribution in [2.75, 3.05) is 5.32 Å². The highest BCUT2D eigenvalue weighted by atomic mass is 35.5. The minimum Gasteiger partial charge on any atom is -0.316 e. The summed E-state index contributed by atoms with van der Waals surface area (Å²) in [6.07, 6.45) is 3.25. The zero-order valence-electron chi connectivity index (χ0n) is 18.0. The van der Waals surface area contributed by atoms with Gasteiger partial charge in [0.2, 0.25) is 0 Å². The van der Waals surface area contributed by atoms with Crippen molar-refractivity contribution in [1.29, 1.82) is 0 Å². The Hall–Kier alpha value is -3.94. The fourth-order valence-corrected chi connectivity index (χ4v) is 3.53. The molecule has 0 aliphatic carbocycles. The smallest absolute Gasteiger partial charge is 0.316 e. The lowest BCUT2D eigenvalue weighted by Gasteiger charge is -2.06. The monoisotopic (exact) mass is 491 g/mol. The van der Waals surface area contributed by atoms with Crippen molar-refractivity contribution in [3.8, 4) is 16.9 Å². The van der Waals surface area contributed by atoms with Crippen LogP contribution in [-0.2, 0) is 9.59 Å². The standard InChI is InChI=1S/C25H19Cl2N5O2/c1-16-6-5-7-17(12-16)23-18(15-32(31-23)20-8-3-2-4-9-20)14-28-30-25(34)24(33)29-22-13-19(26)10-11-21(22)27/h2-15H,1H3,(H,29,33)(H,30,34)/b28-14+. The lowest BCUT2D eigenvalue weighted by atomic mass is 10.1. The third-order valence-electron chi connectivity index (χ3n) is 4.81. The normalized spacial score (nSPS) is 10.9. The molecule has 4 aromatic rings. The van der Waals surface area contributed by atoms with Gasteiger partial charge < -0.3 is 5.32 Å². The number of carbonyl (C=O) groups excluding carboxylic acids is 2. The van der Waals surface area contributed by atoms with Gasteiger partial charge in [-0.25, -0.2) is 10.1 Å². The lowest BCUT2D eigenvalue weighted by molar-refractivity contribution is -0.136. The predicted octanol–water partition coefficient (Wildman–Crippen LogP) is 5.24. The van der Waals surface area contributed by atoms with E-state index >= 15 is 0 Å². The van der Waals surface area contributed by atoms with Crippen molar-refractivity contribution in [2.45, 2.75) is 6.92 Å². The molecule has 0 fully saturated rings. The Morgan fingerprint density at radius 1 is 0.971 bits per heavy atom. The highest BCUT2D eigenvalue weighted by molar-refractivity contribution is 6.42. The average molecular weight is 492 g/mol. The molecule has 4 rings (SSSR count). The minimum absolute atomic E-state index is 0.226. The van der Waals surface area contributed by atoms with Gasteiger partial charge in [-0.3, -0.25) is 9.59 Å². The molecule has 0 aliphatic rings. The summed E-state index contributed by atoms with van der Waals surface area (Å²) in [4.78, 5) is 24.4. The highest BCUT2D eigenvalue weighted by Crippen LogP contribution is 2.25. The molecular weight excluding hydrogens is 473 g/mol. The first-order chi connectivity index (χ1) is 16.4. The number of benzene rings is 3. The van der Waals surface area contributed by atoms with E-state index < -0.39 is 11.8 Å². The fraction of sp³-hybridized carbons (Fsp3) is 0.0400. The lowest BCUT2D eigenvalue weighted by Crippen LogP contribution is -2.32. The van der Waals surface area contributed by atoms with Crippen LogP contribution in [0.5, 0.6) is 0 Å². The van der Waals surface area contributed by atoms with Crippen LogP contribution in [0, 0.1) is 6.92 Å². The van der Waals surface area contributed by atoms with E-state index in [-0.39, 0.29) is 10.7 Å². The number of hydrogen-bond acceptors (Lipinski definition) is 4. The van der Waals surface area contributed by atoms with E-state index in [9.17, 15) is 9.59 Å². The summed E-state index contributed by atoms with van der Waals surface area (Å²) in [6.45, 7) is 2.00. The minimum atomic E-state index is -0.958. The summed E-state index contributed by atoms with van der Waals surface area (Å²) in [5, 5.41) is 11.7. The maximum Gasteiger partial charge on any atom is 0.329 e. The van der Waals surface area contributed by atoms with Gasteiger partial charge in [0.1, 0.15) is 5.69 Å². The number of nitrogens with zero attached hydrogens (tertiary/aromatic N) is 3. The summed E-state index contributed by atoms with van der Waals surface area (Å²) >= 11 is 11.9. The molecule has 0 unspecified atom stereocenters. The van der Waals surface area contributed by atoms with Crippen molar-refractivity contribution in [3.63, 3.8) is 0 Å². The largest absolute Gasteiger partial charge is 0.329 e. The van der Waals surface area contributed by atoms with Crippen LogP contribution in [0.2, 0.25) is 10.0 Å². The number of carbonyl (C=O) groups is 2. The second-order valence-corrected chi connectivity index (χ2v) is 8.20. The number of hydrogen-bond donors (Lipinski definition) is 2. The number of para-hydroxylation sites is 1. The van der Waals surface area contributed by atoms with E-state index in [0.29, 0.717) is 16.3 Å². The summed E-state index contributed by atoms with van der Waals surface area (Å²) < 4.78 is 1.73. The van der Waals surface area contributed by atoms with E-state index in [4.69, 9.17) is 28.3 Å². The van der Waals surface area contributed by atoms with Gasteiger partial charge in [-0.05, 0) is 43.3 Å². The molecule has 0 saturated heterocycles. The molecule has 1 heterocycles. The van der Waals surface area contributed by atoms with Crippen LogP contribution >= 0.6 is 23.2 Å². The third kappa shape index (κ3) is 5.51. The molecule has 0 atom stereocenters. The van der Waals surface area contributed by atoms with Crippen molar-refractivity contribution in [3.05, 3.63) is 100 Å². The quantitative estimate of drug-likeness (QED) is 0.227. The SMILES string of the molecule is Cc1cccc(-c2nn(-c3ccccc3)cc2/C=N/NC(=O)C(=O)Nc2cc(Cl)ccc2Cl)c1. The molecule has 170 valence electrons. The summed E-state index contributed by atoms with van der Waals surface area (Å²) in [6, 6.07) is 22.1. The first-order valence-corrected chi connectivity index (χ1v) is 11.0. The number of hydrazone groups is 1. The van der Waals surface area contributed by atoms with Gasteiger partial charge >= 0.3 is 11.8 Å². The highest BCUT2D eigenvalue weighted by Gasteiger charge is 2.16. The molecule has 0 aliphatic heterocycles. The summed E-state index contributed by atoms with van der Waals surface area (Å²) in [5.41, 5.74) is 6.65. The molecular formula is C25H19Cl2N5O2. The van der Waals surface area contributed by atoms with Crippen LogP contribution < -0.4 is 10.7 Å². The van der Waals surface area contributed by atoms with E-state index in [1.54, 1.807) is 16.9 Å². The van der Waals surface area contributed by atoms with Crippen LogP contribution in [0.25, 0.3) is 16.9 Å². The molecule has 7 nitrogen and oxygen atoms in total. The zero-order chi connectivity index (χ0) is 24.1. The van der Waals surface area contributed by atoms with Crippen molar-refractivity contribution >= 4 is 46.9 Å². The molecule has 34 heavy (non-hydrogen) atoms. The number of amides is 2. The molecule has 1 aromatic heterocycles. The van der Waals surface area contributed by atoms with Crippen molar-refractivity contribution < 1.29 is 9.59 Å². The molecule has 2 N–H and O–H groups in total. The van der Waals surface area contributed by atoms with E-state index in [0.717, 1.165) is 16.8 Å². The number of anilines is 1. The van der Waals surface area contributed by atoms with Crippen LogP contribution in [0.4, 0.5) is 5.69 Å². The van der Waals surface area contributed by atoms with Crippen LogP contribution in [0.15, 0.2) is 84.1 Å². The number of halogens is 2. The molecule has 0 spiro atoms. The van der Waals surface area contributed by atoms with E-state index in [1.165, 1.54) is 18.3 Å². The van der Waals surface area contributed by atoms with Gasteiger partial charge in [0.25, 0.3) is 0 Å². The molecule has 0 saturated carbocycles. The molecule has 3 aromatic carbocycles. The molecule has 2 amide bonds. The van der Waals surface area contributed by atoms with E-state index in [2.05, 4.69) is 15.8 Å². The van der Waals surface area contributed by atoms with Crippen LogP contribution in [-0.4, -0.2) is 27.8 Å². The molecule has 9 heteroatoms. The van der Waals surface area contributed by atoms with Gasteiger partial charge in [-0.2, -0.15) is 10.2 Å². The van der Waals surface area contributed by atoms with Gasteiger partial charge in [0.05, 0.1) is 22.6 Å². The predicted molar refractivity (Wildman–Crippen MR) is 135 cm³/mol. The Morgan fingerprint density at radius 3 is 2.53 bits per heavy atom. The van der Waals surface area contributed by atoms with E-state index in [1.807, 2.05) is 61.5 Å². The maximum absolute atomic E-state index is 12.2. The molecule has 0 radical (unpaired) electrons. The second kappa shape index (κ2) is 10.3. The Labute approximate surface area is 206 Å². The van der Waals surface area contributed by atoms with Crippen LogP contribution in [0.3, 0.4) is 0 Å². The van der Waals surface area contributed by atoms with Gasteiger partial charge in [-0.1, -0.05) is 65.2 Å². The first kappa shape index (κ1) is 23.2. The first-order valence-electron chi connectivity index (χ1n) is 10.2. The number of aryl methyl sites for hydroxylation is 1. The molecule has 0 bridgehead atoms. The Bertz CT molecular complexity index is 1380. The fourth-order valence-electron chi connectivity index (χ4n) is 3.20. The zero-order valence-corrected chi connectivity index (χ0v) is 19.5. The van der Waals surface area contributed by atoms with Crippen LogP contribution in [0.1, 0.15) is 11.1 Å². The second-order valence-electron chi connectivity index (χ2n) is 7.36. The van der Waals surface area contributed by atoms with Crippen molar-refractivity contribution in [2.24, 2.45) is 5.10 Å². The van der Waals surface area contributed by atoms with Gasteiger partial charge in [0, 0.05) is 22.3 Å². The third-order valence-corrected chi connectivity index (χ3v) is 5.37. The Kier molecular flexibility index (Phi) is 7.06. The topological polar surface area (TPSA) is 88.4 Å².